The van der Waals surface area contributed by atoms with E-state index in [0.29, 0.717) is 18.8 Å². The van der Waals surface area contributed by atoms with Gasteiger partial charge in [-0.1, -0.05) is 6.92 Å². The molecular weight excluding hydrogens is 330 g/mol. The minimum absolute atomic E-state index is 0.0772. The highest BCUT2D eigenvalue weighted by Gasteiger charge is 2.08. The quantitative estimate of drug-likeness (QED) is 0.859. The Balaban J connectivity index is 2.39. The summed E-state index contributed by atoms with van der Waals surface area (Å²) in [6.07, 6.45) is 2.35. The largest absolute Gasteiger partial charge is 0.338 e. The molecule has 0 unspecified atom stereocenters. The molecule has 106 valence electrons. The van der Waals surface area contributed by atoms with Crippen molar-refractivity contribution in [3.8, 4) is 0 Å². The molecule has 0 aliphatic heterocycles. The molecule has 2 amide bonds. The molecule has 0 radical (unpaired) electrons. The van der Waals surface area contributed by atoms with Gasteiger partial charge in [-0.15, -0.1) is 0 Å². The van der Waals surface area contributed by atoms with E-state index in [1.54, 1.807) is 12.3 Å². The van der Waals surface area contributed by atoms with Crippen molar-refractivity contribution in [2.75, 3.05) is 18.1 Å². The number of aromatic nitrogens is 1. The fourth-order valence-electron chi connectivity index (χ4n) is 1.33. The predicted molar refractivity (Wildman–Crippen MR) is 81.8 cm³/mol. The first-order valence-electron chi connectivity index (χ1n) is 5.90. The molecular formula is C12H18BrN3O2S. The Hall–Kier alpha value is -0.950. The van der Waals surface area contributed by atoms with Gasteiger partial charge in [0.1, 0.15) is 5.82 Å². The Morgan fingerprint density at radius 1 is 1.53 bits per heavy atom. The van der Waals surface area contributed by atoms with E-state index in [-0.39, 0.29) is 11.3 Å². The zero-order valence-electron chi connectivity index (χ0n) is 11.2. The van der Waals surface area contributed by atoms with E-state index in [1.165, 1.54) is 0 Å². The summed E-state index contributed by atoms with van der Waals surface area (Å²) in [7, 11) is -0.858. The molecule has 7 heteroatoms. The van der Waals surface area contributed by atoms with Crippen LogP contribution in [0.4, 0.5) is 10.6 Å². The number of halogens is 1. The summed E-state index contributed by atoms with van der Waals surface area (Å²) in [5.41, 5.74) is 0.813. The summed E-state index contributed by atoms with van der Waals surface area (Å²) >= 11 is 3.35. The number of carbonyl (C=O) groups excluding carboxylic acids is 1. The standard InChI is InChI=1S/C12H18BrN3O2S/c1-8(19(3)18)6-7-14-12(17)16-11-5-4-10(13)9(2)15-11/h4-5,8H,6-7H2,1-3H3,(H2,14,15,16,17)/t8-,19-/m0/s1. The van der Waals surface area contributed by atoms with E-state index < -0.39 is 10.8 Å². The molecule has 1 heterocycles. The second-order valence-electron chi connectivity index (χ2n) is 4.24. The van der Waals surface area contributed by atoms with Crippen molar-refractivity contribution in [2.45, 2.75) is 25.5 Å². The molecule has 1 rings (SSSR count). The van der Waals surface area contributed by atoms with Crippen molar-refractivity contribution in [3.63, 3.8) is 0 Å². The third-order valence-corrected chi connectivity index (χ3v) is 4.87. The van der Waals surface area contributed by atoms with Crippen LogP contribution in [0.2, 0.25) is 0 Å². The lowest BCUT2D eigenvalue weighted by molar-refractivity contribution is 0.252. The smallest absolute Gasteiger partial charge is 0.320 e. The van der Waals surface area contributed by atoms with Crippen LogP contribution in [0.15, 0.2) is 16.6 Å². The van der Waals surface area contributed by atoms with Gasteiger partial charge in [0.2, 0.25) is 0 Å². The fraction of sp³-hybridized carbons (Fsp3) is 0.500. The molecule has 0 saturated carbocycles. The van der Waals surface area contributed by atoms with Gasteiger partial charge >= 0.3 is 6.03 Å². The molecule has 0 aromatic carbocycles. The molecule has 19 heavy (non-hydrogen) atoms. The van der Waals surface area contributed by atoms with E-state index in [1.807, 2.05) is 19.9 Å². The summed E-state index contributed by atoms with van der Waals surface area (Å²) in [5.74, 6) is 0.505. The molecule has 5 nitrogen and oxygen atoms in total. The first-order valence-corrected chi connectivity index (χ1v) is 8.32. The van der Waals surface area contributed by atoms with Gasteiger partial charge in [0, 0.05) is 33.3 Å². The Bertz CT molecular complexity index is 482. The maximum Gasteiger partial charge on any atom is 0.320 e. The lowest BCUT2D eigenvalue weighted by Gasteiger charge is -2.10. The highest BCUT2D eigenvalue weighted by molar-refractivity contribution is 9.10. The Morgan fingerprint density at radius 2 is 2.21 bits per heavy atom. The van der Waals surface area contributed by atoms with E-state index >= 15 is 0 Å². The number of anilines is 1. The molecule has 0 spiro atoms. The van der Waals surface area contributed by atoms with Gasteiger partial charge < -0.3 is 5.32 Å². The van der Waals surface area contributed by atoms with Crippen LogP contribution in [0.5, 0.6) is 0 Å². The fourth-order valence-corrected chi connectivity index (χ4v) is 2.00. The Morgan fingerprint density at radius 3 is 2.79 bits per heavy atom. The number of rotatable bonds is 5. The third-order valence-electron chi connectivity index (χ3n) is 2.67. The van der Waals surface area contributed by atoms with Crippen molar-refractivity contribution in [3.05, 3.63) is 22.3 Å². The Kier molecular flexibility index (Phi) is 6.44. The number of carbonyl (C=O) groups is 1. The number of nitrogens with one attached hydrogen (secondary N) is 2. The van der Waals surface area contributed by atoms with Crippen LogP contribution in [0.1, 0.15) is 19.0 Å². The number of urea groups is 1. The molecule has 2 N–H and O–H groups in total. The monoisotopic (exact) mass is 347 g/mol. The number of hydrogen-bond donors (Lipinski definition) is 2. The third kappa shape index (κ3) is 5.69. The van der Waals surface area contributed by atoms with Crippen LogP contribution in [-0.4, -0.2) is 33.3 Å². The minimum atomic E-state index is -0.858. The second kappa shape index (κ2) is 7.59. The predicted octanol–water partition coefficient (Wildman–Crippen LogP) is 2.43. The average molecular weight is 348 g/mol. The van der Waals surface area contributed by atoms with Gasteiger partial charge in [0.25, 0.3) is 0 Å². The maximum absolute atomic E-state index is 11.6. The van der Waals surface area contributed by atoms with Gasteiger partial charge in [-0.2, -0.15) is 0 Å². The summed E-state index contributed by atoms with van der Waals surface area (Å²) in [4.78, 5) is 15.8. The van der Waals surface area contributed by atoms with Gasteiger partial charge in [0.15, 0.2) is 0 Å². The summed E-state index contributed by atoms with van der Waals surface area (Å²) in [6, 6.07) is 3.25. The molecule has 0 fully saturated rings. The van der Waals surface area contributed by atoms with Crippen molar-refractivity contribution in [1.82, 2.24) is 10.3 Å². The van der Waals surface area contributed by atoms with Gasteiger partial charge in [-0.25, -0.2) is 9.78 Å². The SMILES string of the molecule is Cc1nc(NC(=O)NCC[C@H](C)[S@](C)=O)ccc1Br. The summed E-state index contributed by atoms with van der Waals surface area (Å²) in [6.45, 7) is 4.24. The number of aryl methyl sites for hydroxylation is 1. The van der Waals surface area contributed by atoms with E-state index in [2.05, 4.69) is 31.5 Å². The summed E-state index contributed by atoms with van der Waals surface area (Å²) in [5, 5.41) is 5.45. The molecule has 0 bridgehead atoms. The van der Waals surface area contributed by atoms with Gasteiger partial charge in [-0.3, -0.25) is 9.53 Å². The molecule has 0 saturated heterocycles. The first-order chi connectivity index (χ1) is 8.90. The maximum atomic E-state index is 11.6. The van der Waals surface area contributed by atoms with E-state index in [0.717, 1.165) is 10.2 Å². The van der Waals surface area contributed by atoms with Crippen molar-refractivity contribution >= 4 is 38.6 Å². The molecule has 0 aliphatic carbocycles. The van der Waals surface area contributed by atoms with Crippen LogP contribution in [-0.2, 0) is 10.8 Å². The number of hydrogen-bond acceptors (Lipinski definition) is 3. The number of pyridine rings is 1. The van der Waals surface area contributed by atoms with Gasteiger partial charge in [-0.05, 0) is 41.4 Å². The van der Waals surface area contributed by atoms with Crippen LogP contribution in [0.3, 0.4) is 0 Å². The van der Waals surface area contributed by atoms with Crippen LogP contribution < -0.4 is 10.6 Å². The lowest BCUT2D eigenvalue weighted by atomic mass is 10.3. The minimum Gasteiger partial charge on any atom is -0.338 e. The number of amides is 2. The van der Waals surface area contributed by atoms with Crippen molar-refractivity contribution in [2.24, 2.45) is 0 Å². The van der Waals surface area contributed by atoms with Crippen LogP contribution in [0.25, 0.3) is 0 Å². The molecule has 1 aromatic rings. The normalized spacial score (nSPS) is 13.7. The second-order valence-corrected chi connectivity index (χ2v) is 6.90. The van der Waals surface area contributed by atoms with Crippen LogP contribution >= 0.6 is 15.9 Å². The van der Waals surface area contributed by atoms with E-state index in [9.17, 15) is 9.00 Å². The zero-order chi connectivity index (χ0) is 14.4. The van der Waals surface area contributed by atoms with Gasteiger partial charge in [0.05, 0.1) is 5.69 Å². The van der Waals surface area contributed by atoms with Crippen molar-refractivity contribution < 1.29 is 9.00 Å². The van der Waals surface area contributed by atoms with Crippen molar-refractivity contribution in [1.29, 1.82) is 0 Å². The van der Waals surface area contributed by atoms with E-state index in [4.69, 9.17) is 0 Å². The summed E-state index contributed by atoms with van der Waals surface area (Å²) < 4.78 is 12.0. The highest BCUT2D eigenvalue weighted by Crippen LogP contribution is 2.15. The lowest BCUT2D eigenvalue weighted by Crippen LogP contribution is -2.31. The number of nitrogens with zero attached hydrogens (tertiary/aromatic N) is 1. The average Bonchev–Trinajstić information content (AvgIpc) is 2.33. The first kappa shape index (κ1) is 16.1. The molecule has 1 aromatic heterocycles. The zero-order valence-corrected chi connectivity index (χ0v) is 13.6. The molecule has 2 atom stereocenters. The molecule has 0 aliphatic rings. The Labute approximate surface area is 124 Å². The topological polar surface area (TPSA) is 71.1 Å². The highest BCUT2D eigenvalue weighted by atomic mass is 79.9. The van der Waals surface area contributed by atoms with Crippen LogP contribution in [0, 0.1) is 6.92 Å².